The summed E-state index contributed by atoms with van der Waals surface area (Å²) in [6, 6.07) is 8.09. The molecule has 2 aromatic rings. The molecule has 0 bridgehead atoms. The van der Waals surface area contributed by atoms with Crippen molar-refractivity contribution in [2.24, 2.45) is 5.73 Å². The van der Waals surface area contributed by atoms with Gasteiger partial charge in [0.2, 0.25) is 0 Å². The van der Waals surface area contributed by atoms with E-state index >= 15 is 0 Å². The predicted octanol–water partition coefficient (Wildman–Crippen LogP) is 3.27. The van der Waals surface area contributed by atoms with Crippen LogP contribution in [0.2, 0.25) is 0 Å². The second-order valence-corrected chi connectivity index (χ2v) is 5.04. The number of aromatic nitrogens is 2. The van der Waals surface area contributed by atoms with Crippen LogP contribution in [-0.2, 0) is 0 Å². The standard InChI is InChI=1S/C13H16BrN3/c1-8(15)11-6-4-5-7-12(11)17-10(3)13(14)9(2)16-17/h4-8H,15H2,1-3H3/t8-/m1/s1. The van der Waals surface area contributed by atoms with Gasteiger partial charge in [0.15, 0.2) is 0 Å². The van der Waals surface area contributed by atoms with Gasteiger partial charge in [-0.25, -0.2) is 4.68 Å². The lowest BCUT2D eigenvalue weighted by atomic mass is 10.1. The summed E-state index contributed by atoms with van der Waals surface area (Å²) in [5, 5.41) is 4.54. The number of nitrogens with two attached hydrogens (primary N) is 1. The Balaban J connectivity index is 2.64. The number of benzene rings is 1. The molecule has 0 fully saturated rings. The van der Waals surface area contributed by atoms with Crippen LogP contribution in [0.3, 0.4) is 0 Å². The van der Waals surface area contributed by atoms with E-state index in [0.717, 1.165) is 27.1 Å². The summed E-state index contributed by atoms with van der Waals surface area (Å²) in [4.78, 5) is 0. The van der Waals surface area contributed by atoms with Crippen molar-refractivity contribution in [1.82, 2.24) is 9.78 Å². The van der Waals surface area contributed by atoms with Crippen LogP contribution < -0.4 is 5.73 Å². The second-order valence-electron chi connectivity index (χ2n) is 4.24. The molecule has 0 aliphatic carbocycles. The lowest BCUT2D eigenvalue weighted by Gasteiger charge is -2.13. The first-order valence-electron chi connectivity index (χ1n) is 5.59. The smallest absolute Gasteiger partial charge is 0.0743 e. The number of hydrogen-bond acceptors (Lipinski definition) is 2. The molecule has 4 heteroatoms. The van der Waals surface area contributed by atoms with Crippen LogP contribution in [0.25, 0.3) is 5.69 Å². The molecule has 0 aliphatic heterocycles. The zero-order valence-electron chi connectivity index (χ0n) is 10.2. The summed E-state index contributed by atoms with van der Waals surface area (Å²) in [7, 11) is 0. The van der Waals surface area contributed by atoms with Gasteiger partial charge in [0.25, 0.3) is 0 Å². The first-order chi connectivity index (χ1) is 8.02. The van der Waals surface area contributed by atoms with Crippen molar-refractivity contribution in [3.8, 4) is 5.69 Å². The largest absolute Gasteiger partial charge is 0.324 e. The molecule has 2 N–H and O–H groups in total. The fraction of sp³-hybridized carbons (Fsp3) is 0.308. The van der Waals surface area contributed by atoms with E-state index in [0.29, 0.717) is 0 Å². The van der Waals surface area contributed by atoms with Gasteiger partial charge in [-0.05, 0) is 48.3 Å². The molecule has 0 spiro atoms. The van der Waals surface area contributed by atoms with E-state index in [1.54, 1.807) is 0 Å². The molecule has 0 unspecified atom stereocenters. The van der Waals surface area contributed by atoms with Gasteiger partial charge in [-0.2, -0.15) is 5.10 Å². The average Bonchev–Trinajstić information content (AvgIpc) is 2.57. The zero-order chi connectivity index (χ0) is 12.6. The molecule has 0 saturated heterocycles. The lowest BCUT2D eigenvalue weighted by molar-refractivity contribution is 0.766. The van der Waals surface area contributed by atoms with Crippen molar-refractivity contribution in [3.63, 3.8) is 0 Å². The summed E-state index contributed by atoms with van der Waals surface area (Å²) in [6.07, 6.45) is 0. The Kier molecular flexibility index (Phi) is 3.35. The van der Waals surface area contributed by atoms with Crippen molar-refractivity contribution in [1.29, 1.82) is 0 Å². The van der Waals surface area contributed by atoms with Gasteiger partial charge >= 0.3 is 0 Å². The van der Waals surface area contributed by atoms with Crippen LogP contribution in [0.4, 0.5) is 0 Å². The first-order valence-corrected chi connectivity index (χ1v) is 6.38. The molecule has 1 aromatic carbocycles. The van der Waals surface area contributed by atoms with Gasteiger partial charge in [-0.1, -0.05) is 18.2 Å². The maximum Gasteiger partial charge on any atom is 0.0743 e. The maximum atomic E-state index is 5.99. The number of aryl methyl sites for hydroxylation is 1. The molecule has 1 atom stereocenters. The number of halogens is 1. The van der Waals surface area contributed by atoms with Crippen LogP contribution in [0.1, 0.15) is 29.9 Å². The Hall–Kier alpha value is -1.13. The molecule has 17 heavy (non-hydrogen) atoms. The highest BCUT2D eigenvalue weighted by molar-refractivity contribution is 9.10. The molecule has 1 aromatic heterocycles. The normalized spacial score (nSPS) is 12.8. The molecule has 0 radical (unpaired) electrons. The minimum atomic E-state index is -0.00567. The second kappa shape index (κ2) is 4.63. The van der Waals surface area contributed by atoms with E-state index in [1.165, 1.54) is 0 Å². The van der Waals surface area contributed by atoms with Crippen LogP contribution in [-0.4, -0.2) is 9.78 Å². The van der Waals surface area contributed by atoms with E-state index in [2.05, 4.69) is 21.0 Å². The minimum absolute atomic E-state index is 0.00567. The number of nitrogens with zero attached hydrogens (tertiary/aromatic N) is 2. The van der Waals surface area contributed by atoms with Gasteiger partial charge in [0, 0.05) is 6.04 Å². The molecule has 2 rings (SSSR count). The van der Waals surface area contributed by atoms with Gasteiger partial charge in [-0.3, -0.25) is 0 Å². The third kappa shape index (κ3) is 2.15. The molecular weight excluding hydrogens is 278 g/mol. The van der Waals surface area contributed by atoms with E-state index < -0.39 is 0 Å². The molecule has 90 valence electrons. The van der Waals surface area contributed by atoms with E-state index in [1.807, 2.05) is 49.7 Å². The van der Waals surface area contributed by atoms with Crippen molar-refractivity contribution in [2.75, 3.05) is 0 Å². The quantitative estimate of drug-likeness (QED) is 0.923. The van der Waals surface area contributed by atoms with Crippen LogP contribution in [0.5, 0.6) is 0 Å². The van der Waals surface area contributed by atoms with Gasteiger partial charge in [0.1, 0.15) is 0 Å². The molecular formula is C13H16BrN3. The van der Waals surface area contributed by atoms with Crippen molar-refractivity contribution < 1.29 is 0 Å². The molecule has 3 nitrogen and oxygen atoms in total. The van der Waals surface area contributed by atoms with E-state index in [4.69, 9.17) is 5.73 Å². The van der Waals surface area contributed by atoms with Crippen molar-refractivity contribution >= 4 is 15.9 Å². The van der Waals surface area contributed by atoms with Crippen molar-refractivity contribution in [2.45, 2.75) is 26.8 Å². The average molecular weight is 294 g/mol. The Morgan fingerprint density at radius 2 is 1.94 bits per heavy atom. The molecule has 1 heterocycles. The Morgan fingerprint density at radius 3 is 2.47 bits per heavy atom. The summed E-state index contributed by atoms with van der Waals surface area (Å²) >= 11 is 3.54. The topological polar surface area (TPSA) is 43.8 Å². The highest BCUT2D eigenvalue weighted by Gasteiger charge is 2.14. The lowest BCUT2D eigenvalue weighted by Crippen LogP contribution is -2.11. The molecule has 0 saturated carbocycles. The number of hydrogen-bond donors (Lipinski definition) is 1. The van der Waals surface area contributed by atoms with Gasteiger partial charge < -0.3 is 5.73 Å². The van der Waals surface area contributed by atoms with E-state index in [9.17, 15) is 0 Å². The number of rotatable bonds is 2. The Bertz CT molecular complexity index is 544. The van der Waals surface area contributed by atoms with Gasteiger partial charge in [-0.15, -0.1) is 0 Å². The van der Waals surface area contributed by atoms with Crippen LogP contribution in [0.15, 0.2) is 28.7 Å². The zero-order valence-corrected chi connectivity index (χ0v) is 11.8. The summed E-state index contributed by atoms with van der Waals surface area (Å²) < 4.78 is 3.00. The monoisotopic (exact) mass is 293 g/mol. The highest BCUT2D eigenvalue weighted by atomic mass is 79.9. The third-order valence-electron chi connectivity index (χ3n) is 2.86. The van der Waals surface area contributed by atoms with E-state index in [-0.39, 0.29) is 6.04 Å². The molecule has 0 amide bonds. The predicted molar refractivity (Wildman–Crippen MR) is 73.3 cm³/mol. The minimum Gasteiger partial charge on any atom is -0.324 e. The maximum absolute atomic E-state index is 5.99. The third-order valence-corrected chi connectivity index (χ3v) is 4.01. The Labute approximate surface area is 110 Å². The summed E-state index contributed by atoms with van der Waals surface area (Å²) in [6.45, 7) is 6.02. The Morgan fingerprint density at radius 1 is 1.29 bits per heavy atom. The fourth-order valence-electron chi connectivity index (χ4n) is 1.92. The first kappa shape index (κ1) is 12.3. The van der Waals surface area contributed by atoms with Crippen LogP contribution >= 0.6 is 15.9 Å². The fourth-order valence-corrected chi connectivity index (χ4v) is 2.17. The SMILES string of the molecule is Cc1nn(-c2ccccc2[C@@H](C)N)c(C)c1Br. The van der Waals surface area contributed by atoms with Crippen molar-refractivity contribution in [3.05, 3.63) is 45.7 Å². The molecule has 0 aliphatic rings. The van der Waals surface area contributed by atoms with Gasteiger partial charge in [0.05, 0.1) is 21.5 Å². The number of para-hydroxylation sites is 1. The highest BCUT2D eigenvalue weighted by Crippen LogP contribution is 2.26. The van der Waals surface area contributed by atoms with Crippen LogP contribution in [0, 0.1) is 13.8 Å². The summed E-state index contributed by atoms with van der Waals surface area (Å²) in [5.41, 5.74) is 10.2. The summed E-state index contributed by atoms with van der Waals surface area (Å²) in [5.74, 6) is 0.